The summed E-state index contributed by atoms with van der Waals surface area (Å²) in [7, 11) is 0. The average molecular weight is 298 g/mol. The standard InChI is InChI=1S/C14H14N6O2/c1-2-19(14-6-5-13-15-17-18-20(13)16-14)8-10-3-4-11-12(7-10)22-9-21-11/h3-7H,2,8-9H2,1H3. The van der Waals surface area contributed by atoms with E-state index >= 15 is 0 Å². The van der Waals surface area contributed by atoms with Crippen LogP contribution >= 0.6 is 0 Å². The second kappa shape index (κ2) is 5.14. The van der Waals surface area contributed by atoms with Gasteiger partial charge in [-0.3, -0.25) is 0 Å². The minimum atomic E-state index is 0.286. The predicted octanol–water partition coefficient (Wildman–Crippen LogP) is 1.27. The van der Waals surface area contributed by atoms with Gasteiger partial charge in [0.2, 0.25) is 6.79 Å². The van der Waals surface area contributed by atoms with Crippen molar-refractivity contribution in [2.75, 3.05) is 18.2 Å². The van der Waals surface area contributed by atoms with Gasteiger partial charge in [0.05, 0.1) is 0 Å². The van der Waals surface area contributed by atoms with Crippen LogP contribution in [0.2, 0.25) is 0 Å². The van der Waals surface area contributed by atoms with Gasteiger partial charge < -0.3 is 14.4 Å². The second-order valence-corrected chi connectivity index (χ2v) is 4.92. The Labute approximate surface area is 126 Å². The van der Waals surface area contributed by atoms with E-state index in [1.165, 1.54) is 4.63 Å². The Balaban J connectivity index is 1.61. The van der Waals surface area contributed by atoms with Crippen LogP contribution in [0.25, 0.3) is 5.65 Å². The second-order valence-electron chi connectivity index (χ2n) is 4.92. The van der Waals surface area contributed by atoms with E-state index in [1.54, 1.807) is 0 Å². The maximum absolute atomic E-state index is 5.42. The maximum Gasteiger partial charge on any atom is 0.231 e. The fourth-order valence-corrected chi connectivity index (χ4v) is 2.42. The van der Waals surface area contributed by atoms with Gasteiger partial charge in [-0.25, -0.2) is 0 Å². The lowest BCUT2D eigenvalue weighted by molar-refractivity contribution is 0.174. The molecule has 3 aromatic rings. The third-order valence-electron chi connectivity index (χ3n) is 3.57. The smallest absolute Gasteiger partial charge is 0.231 e. The number of aromatic nitrogens is 5. The van der Waals surface area contributed by atoms with Crippen LogP contribution in [0.3, 0.4) is 0 Å². The molecule has 112 valence electrons. The molecule has 8 heteroatoms. The Bertz CT molecular complexity index is 818. The van der Waals surface area contributed by atoms with Crippen LogP contribution in [-0.4, -0.2) is 38.6 Å². The highest BCUT2D eigenvalue weighted by atomic mass is 16.7. The topological polar surface area (TPSA) is 77.7 Å². The van der Waals surface area contributed by atoms with Crippen LogP contribution in [0, 0.1) is 0 Å². The number of benzene rings is 1. The zero-order chi connectivity index (χ0) is 14.9. The molecule has 0 N–H and O–H groups in total. The molecule has 22 heavy (non-hydrogen) atoms. The van der Waals surface area contributed by atoms with Gasteiger partial charge in [0, 0.05) is 13.1 Å². The van der Waals surface area contributed by atoms with Crippen LogP contribution in [0.4, 0.5) is 5.82 Å². The zero-order valence-electron chi connectivity index (χ0n) is 12.0. The Morgan fingerprint density at radius 3 is 3.00 bits per heavy atom. The van der Waals surface area contributed by atoms with Gasteiger partial charge in [-0.05, 0) is 47.2 Å². The Morgan fingerprint density at radius 1 is 1.18 bits per heavy atom. The van der Waals surface area contributed by atoms with Crippen molar-refractivity contribution < 1.29 is 9.47 Å². The van der Waals surface area contributed by atoms with Crippen LogP contribution in [0.15, 0.2) is 30.3 Å². The molecule has 3 heterocycles. The monoisotopic (exact) mass is 298 g/mol. The van der Waals surface area contributed by atoms with Gasteiger partial charge in [-0.2, -0.15) is 0 Å². The molecule has 0 saturated carbocycles. The highest BCUT2D eigenvalue weighted by molar-refractivity contribution is 5.48. The third kappa shape index (κ3) is 2.18. The minimum absolute atomic E-state index is 0.286. The Kier molecular flexibility index (Phi) is 2.99. The lowest BCUT2D eigenvalue weighted by atomic mass is 10.2. The zero-order valence-corrected chi connectivity index (χ0v) is 12.0. The van der Waals surface area contributed by atoms with Gasteiger partial charge in [-0.15, -0.1) is 14.8 Å². The molecule has 0 atom stereocenters. The normalized spacial score (nSPS) is 12.8. The van der Waals surface area contributed by atoms with Gasteiger partial charge in [0.1, 0.15) is 0 Å². The van der Waals surface area contributed by atoms with Crippen molar-refractivity contribution in [1.82, 2.24) is 25.3 Å². The van der Waals surface area contributed by atoms with E-state index in [2.05, 4.69) is 32.4 Å². The predicted molar refractivity (Wildman–Crippen MR) is 77.9 cm³/mol. The number of ether oxygens (including phenoxy) is 2. The summed E-state index contributed by atoms with van der Waals surface area (Å²) in [5.74, 6) is 2.40. The van der Waals surface area contributed by atoms with Gasteiger partial charge in [0.15, 0.2) is 23.0 Å². The maximum atomic E-state index is 5.42. The van der Waals surface area contributed by atoms with Crippen LogP contribution in [-0.2, 0) is 6.54 Å². The molecule has 0 unspecified atom stereocenters. The first-order valence-electron chi connectivity index (χ1n) is 7.02. The summed E-state index contributed by atoms with van der Waals surface area (Å²) in [6, 6.07) is 9.74. The van der Waals surface area contributed by atoms with Crippen molar-refractivity contribution >= 4 is 11.5 Å². The van der Waals surface area contributed by atoms with E-state index in [4.69, 9.17) is 9.47 Å². The molecule has 8 nitrogen and oxygen atoms in total. The van der Waals surface area contributed by atoms with Crippen LogP contribution in [0.1, 0.15) is 12.5 Å². The highest BCUT2D eigenvalue weighted by Gasteiger charge is 2.15. The molecule has 0 aliphatic carbocycles. The quantitative estimate of drug-likeness (QED) is 0.718. The summed E-state index contributed by atoms with van der Waals surface area (Å²) in [5, 5.41) is 15.7. The molecule has 1 aliphatic rings. The molecule has 0 bridgehead atoms. The average Bonchev–Trinajstić information content (AvgIpc) is 3.19. The van der Waals surface area contributed by atoms with E-state index in [0.29, 0.717) is 12.2 Å². The van der Waals surface area contributed by atoms with Crippen molar-refractivity contribution in [3.8, 4) is 11.5 Å². The summed E-state index contributed by atoms with van der Waals surface area (Å²) in [6.45, 7) is 3.90. The van der Waals surface area contributed by atoms with Gasteiger partial charge >= 0.3 is 0 Å². The Hall–Kier alpha value is -2.90. The van der Waals surface area contributed by atoms with Gasteiger partial charge in [0.25, 0.3) is 0 Å². The SMILES string of the molecule is CCN(Cc1ccc2c(c1)OCO2)c1ccc2nnnn2n1. The summed E-state index contributed by atoms with van der Waals surface area (Å²) < 4.78 is 12.2. The molecule has 0 fully saturated rings. The van der Waals surface area contributed by atoms with E-state index < -0.39 is 0 Å². The van der Waals surface area contributed by atoms with Crippen molar-refractivity contribution in [3.63, 3.8) is 0 Å². The summed E-state index contributed by atoms with van der Waals surface area (Å²) in [5.41, 5.74) is 1.76. The first-order chi connectivity index (χ1) is 10.8. The fourth-order valence-electron chi connectivity index (χ4n) is 2.42. The molecule has 2 aromatic heterocycles. The van der Waals surface area contributed by atoms with Crippen LogP contribution in [0.5, 0.6) is 11.5 Å². The first kappa shape index (κ1) is 12.8. The van der Waals surface area contributed by atoms with E-state index in [-0.39, 0.29) is 6.79 Å². The summed E-state index contributed by atoms with van der Waals surface area (Å²) in [6.07, 6.45) is 0. The molecule has 0 amide bonds. The van der Waals surface area contributed by atoms with Crippen molar-refractivity contribution in [3.05, 3.63) is 35.9 Å². The number of hydrogen-bond acceptors (Lipinski definition) is 7. The summed E-state index contributed by atoms with van der Waals surface area (Å²) >= 11 is 0. The number of nitrogens with zero attached hydrogens (tertiary/aromatic N) is 6. The van der Waals surface area contributed by atoms with Crippen molar-refractivity contribution in [1.29, 1.82) is 0 Å². The number of anilines is 1. The van der Waals surface area contributed by atoms with Crippen molar-refractivity contribution in [2.45, 2.75) is 13.5 Å². The lowest BCUT2D eigenvalue weighted by Crippen LogP contribution is -2.23. The van der Waals surface area contributed by atoms with E-state index in [1.807, 2.05) is 30.3 Å². The molecule has 0 spiro atoms. The third-order valence-corrected chi connectivity index (χ3v) is 3.57. The number of rotatable bonds is 4. The molecular formula is C14H14N6O2. The number of hydrogen-bond donors (Lipinski definition) is 0. The summed E-state index contributed by atoms with van der Waals surface area (Å²) in [4.78, 5) is 2.14. The molecule has 1 aromatic carbocycles. The first-order valence-corrected chi connectivity index (χ1v) is 7.02. The Morgan fingerprint density at radius 2 is 2.09 bits per heavy atom. The molecule has 0 saturated heterocycles. The number of fused-ring (bicyclic) bond motifs is 2. The van der Waals surface area contributed by atoms with E-state index in [0.717, 1.165) is 29.4 Å². The fraction of sp³-hybridized carbons (Fsp3) is 0.286. The van der Waals surface area contributed by atoms with Gasteiger partial charge in [-0.1, -0.05) is 6.07 Å². The number of tetrazole rings is 1. The largest absolute Gasteiger partial charge is 0.454 e. The molecule has 1 aliphatic heterocycles. The molecule has 0 radical (unpaired) electrons. The molecular weight excluding hydrogens is 284 g/mol. The van der Waals surface area contributed by atoms with Crippen molar-refractivity contribution in [2.24, 2.45) is 0 Å². The highest BCUT2D eigenvalue weighted by Crippen LogP contribution is 2.33. The minimum Gasteiger partial charge on any atom is -0.454 e. The lowest BCUT2D eigenvalue weighted by Gasteiger charge is -2.21. The molecule has 4 rings (SSSR count). The van der Waals surface area contributed by atoms with Crippen LogP contribution < -0.4 is 14.4 Å². The van der Waals surface area contributed by atoms with E-state index in [9.17, 15) is 0 Å².